The van der Waals surface area contributed by atoms with Crippen LogP contribution in [0.15, 0.2) is 48.6 Å². The van der Waals surface area contributed by atoms with E-state index in [1.807, 2.05) is 6.08 Å². The second-order valence-electron chi connectivity index (χ2n) is 15.8. The molecule has 0 saturated carbocycles. The SMILES string of the molecule is CCCCC/C=C\C/C=C\C(CCCCCCC(=O)NCC(=O)NC(CO)C(=O)O)OC(=O)CCCCCCCCCCCCC/C=C\C/C=C\CCCCCCC. The number of ether oxygens (including phenoxy) is 1. The lowest BCUT2D eigenvalue weighted by Crippen LogP contribution is -2.47. The number of amides is 2. The molecule has 0 radical (unpaired) electrons. The lowest BCUT2D eigenvalue weighted by atomic mass is 10.0. The first kappa shape index (κ1) is 54.8. The van der Waals surface area contributed by atoms with E-state index in [0.29, 0.717) is 12.8 Å². The molecule has 2 unspecified atom stereocenters. The van der Waals surface area contributed by atoms with E-state index in [4.69, 9.17) is 14.9 Å². The molecule has 9 heteroatoms. The molecule has 0 aromatic carbocycles. The molecule has 0 aliphatic heterocycles. The fourth-order valence-corrected chi connectivity index (χ4v) is 6.64. The van der Waals surface area contributed by atoms with Gasteiger partial charge in [-0.3, -0.25) is 14.4 Å². The number of carboxylic acid groups (broad SMARTS) is 1. The van der Waals surface area contributed by atoms with Crippen LogP contribution in [0.4, 0.5) is 0 Å². The summed E-state index contributed by atoms with van der Waals surface area (Å²) in [6, 6.07) is -1.39. The van der Waals surface area contributed by atoms with E-state index in [1.54, 1.807) is 0 Å². The molecule has 0 aromatic heterocycles. The van der Waals surface area contributed by atoms with E-state index in [-0.39, 0.29) is 30.9 Å². The molecular formula is C49H86N2O7. The van der Waals surface area contributed by atoms with Gasteiger partial charge in [0, 0.05) is 12.8 Å². The van der Waals surface area contributed by atoms with Crippen LogP contribution >= 0.6 is 0 Å². The molecule has 58 heavy (non-hydrogen) atoms. The first-order valence-corrected chi connectivity index (χ1v) is 23.5. The van der Waals surface area contributed by atoms with Crippen molar-refractivity contribution in [1.29, 1.82) is 0 Å². The smallest absolute Gasteiger partial charge is 0.328 e. The Hall–Kier alpha value is -3.20. The third-order valence-corrected chi connectivity index (χ3v) is 10.3. The van der Waals surface area contributed by atoms with Crippen LogP contribution in [0.3, 0.4) is 0 Å². The number of carboxylic acids is 1. The summed E-state index contributed by atoms with van der Waals surface area (Å²) in [5, 5.41) is 22.5. The number of aliphatic hydroxyl groups excluding tert-OH is 1. The van der Waals surface area contributed by atoms with Crippen molar-refractivity contribution in [1.82, 2.24) is 10.6 Å². The number of allylic oxidation sites excluding steroid dienone is 7. The third kappa shape index (κ3) is 39.6. The monoisotopic (exact) mass is 815 g/mol. The summed E-state index contributed by atoms with van der Waals surface area (Å²) in [5.74, 6) is -2.42. The maximum atomic E-state index is 12.7. The number of hydrogen-bond donors (Lipinski definition) is 4. The summed E-state index contributed by atoms with van der Waals surface area (Å²) in [6.45, 7) is 3.41. The van der Waals surface area contributed by atoms with Gasteiger partial charge in [0.15, 0.2) is 0 Å². The topological polar surface area (TPSA) is 142 Å². The Morgan fingerprint density at radius 1 is 0.534 bits per heavy atom. The van der Waals surface area contributed by atoms with Gasteiger partial charge in [-0.05, 0) is 83.1 Å². The van der Waals surface area contributed by atoms with Gasteiger partial charge in [0.1, 0.15) is 12.1 Å². The van der Waals surface area contributed by atoms with Gasteiger partial charge in [-0.15, -0.1) is 0 Å². The van der Waals surface area contributed by atoms with Gasteiger partial charge in [-0.1, -0.05) is 166 Å². The molecule has 0 bridgehead atoms. The lowest BCUT2D eigenvalue weighted by Gasteiger charge is -2.15. The zero-order valence-corrected chi connectivity index (χ0v) is 37.0. The second kappa shape index (κ2) is 43.4. The summed E-state index contributed by atoms with van der Waals surface area (Å²) in [5.41, 5.74) is 0. The van der Waals surface area contributed by atoms with Crippen molar-refractivity contribution in [2.45, 2.75) is 225 Å². The molecular weight excluding hydrogens is 729 g/mol. The van der Waals surface area contributed by atoms with E-state index in [2.05, 4.69) is 67.0 Å². The molecule has 4 N–H and O–H groups in total. The first-order chi connectivity index (χ1) is 28.3. The van der Waals surface area contributed by atoms with E-state index < -0.39 is 24.5 Å². The Morgan fingerprint density at radius 2 is 0.983 bits per heavy atom. The fraction of sp³-hybridized carbons (Fsp3) is 0.755. The van der Waals surface area contributed by atoms with Crippen LogP contribution in [-0.2, 0) is 23.9 Å². The summed E-state index contributed by atoms with van der Waals surface area (Å²) in [6.07, 6.45) is 51.7. The molecule has 334 valence electrons. The summed E-state index contributed by atoms with van der Waals surface area (Å²) < 4.78 is 5.90. The molecule has 0 spiro atoms. The Labute approximate surface area is 354 Å². The highest BCUT2D eigenvalue weighted by Gasteiger charge is 2.18. The van der Waals surface area contributed by atoms with Crippen molar-refractivity contribution in [3.63, 3.8) is 0 Å². The van der Waals surface area contributed by atoms with Crippen LogP contribution in [0.1, 0.15) is 213 Å². The van der Waals surface area contributed by atoms with Gasteiger partial charge in [0.25, 0.3) is 0 Å². The van der Waals surface area contributed by atoms with Gasteiger partial charge in [-0.25, -0.2) is 4.79 Å². The second-order valence-corrected chi connectivity index (χ2v) is 15.8. The van der Waals surface area contributed by atoms with Crippen molar-refractivity contribution in [2.75, 3.05) is 13.2 Å². The largest absolute Gasteiger partial charge is 0.480 e. The van der Waals surface area contributed by atoms with Gasteiger partial charge in [0.2, 0.25) is 11.8 Å². The van der Waals surface area contributed by atoms with E-state index in [1.165, 1.54) is 122 Å². The van der Waals surface area contributed by atoms with Crippen LogP contribution in [0.25, 0.3) is 0 Å². The fourth-order valence-electron chi connectivity index (χ4n) is 6.64. The highest BCUT2D eigenvalue weighted by molar-refractivity contribution is 5.87. The maximum absolute atomic E-state index is 12.7. The number of carbonyl (C=O) groups is 4. The molecule has 9 nitrogen and oxygen atoms in total. The standard InChI is InChI=1S/C49H86N2O7/c1-3-5-7-9-11-13-14-15-16-17-18-19-20-21-22-23-24-25-26-27-29-31-37-41-48(55)58-44(38-34-30-28-12-10-8-6-4-2)39-35-32-33-36-40-46(53)50-42-47(54)51-45(43-52)49(56)57/h12,14-15,17-18,28,34,38,44-45,52H,3-11,13,16,19-27,29-33,35-37,39-43H2,1-2H3,(H,50,53)(H,51,54)(H,56,57)/b15-14-,18-17-,28-12-,38-34-. The van der Waals surface area contributed by atoms with Crippen molar-refractivity contribution in [2.24, 2.45) is 0 Å². The number of aliphatic carboxylic acids is 1. The molecule has 0 aliphatic rings. The molecule has 0 aliphatic carbocycles. The van der Waals surface area contributed by atoms with Gasteiger partial charge in [-0.2, -0.15) is 0 Å². The van der Waals surface area contributed by atoms with Crippen LogP contribution in [0, 0.1) is 0 Å². The zero-order chi connectivity index (χ0) is 42.6. The van der Waals surface area contributed by atoms with Gasteiger partial charge >= 0.3 is 11.9 Å². The van der Waals surface area contributed by atoms with Gasteiger partial charge < -0.3 is 25.6 Å². The number of hydrogen-bond acceptors (Lipinski definition) is 6. The highest BCUT2D eigenvalue weighted by Crippen LogP contribution is 2.16. The van der Waals surface area contributed by atoms with Crippen LogP contribution in [0.5, 0.6) is 0 Å². The van der Waals surface area contributed by atoms with Crippen LogP contribution in [0.2, 0.25) is 0 Å². The minimum atomic E-state index is -1.39. The first-order valence-electron chi connectivity index (χ1n) is 23.5. The minimum absolute atomic E-state index is 0.130. The quantitative estimate of drug-likeness (QED) is 0.0273. The van der Waals surface area contributed by atoms with Crippen LogP contribution in [-0.4, -0.2) is 59.3 Å². The highest BCUT2D eigenvalue weighted by atomic mass is 16.5. The summed E-state index contributed by atoms with van der Waals surface area (Å²) in [7, 11) is 0. The Morgan fingerprint density at radius 3 is 1.52 bits per heavy atom. The molecule has 0 saturated heterocycles. The molecule has 0 fully saturated rings. The average Bonchev–Trinajstić information content (AvgIpc) is 3.21. The number of nitrogens with one attached hydrogen (secondary N) is 2. The number of rotatable bonds is 42. The van der Waals surface area contributed by atoms with E-state index in [0.717, 1.165) is 57.8 Å². The normalized spacial score (nSPS) is 12.9. The maximum Gasteiger partial charge on any atom is 0.328 e. The number of aliphatic hydroxyl groups is 1. The van der Waals surface area contributed by atoms with Crippen molar-refractivity contribution in [3.05, 3.63) is 48.6 Å². The third-order valence-electron chi connectivity index (χ3n) is 10.3. The summed E-state index contributed by atoms with van der Waals surface area (Å²) in [4.78, 5) is 47.6. The van der Waals surface area contributed by atoms with Crippen molar-refractivity contribution < 1.29 is 34.1 Å². The number of unbranched alkanes of at least 4 members (excludes halogenated alkanes) is 22. The zero-order valence-electron chi connectivity index (χ0n) is 37.0. The Bertz CT molecular complexity index is 1120. The predicted octanol–water partition coefficient (Wildman–Crippen LogP) is 11.9. The lowest BCUT2D eigenvalue weighted by molar-refractivity contribution is -0.147. The minimum Gasteiger partial charge on any atom is -0.480 e. The molecule has 0 rings (SSSR count). The van der Waals surface area contributed by atoms with Crippen molar-refractivity contribution >= 4 is 23.8 Å². The molecule has 2 atom stereocenters. The van der Waals surface area contributed by atoms with Crippen LogP contribution < -0.4 is 10.6 Å². The summed E-state index contributed by atoms with van der Waals surface area (Å²) >= 11 is 0. The van der Waals surface area contributed by atoms with Crippen molar-refractivity contribution in [3.8, 4) is 0 Å². The van der Waals surface area contributed by atoms with E-state index in [9.17, 15) is 19.2 Å². The van der Waals surface area contributed by atoms with E-state index >= 15 is 0 Å². The Kier molecular flexibility index (Phi) is 41.0. The predicted molar refractivity (Wildman–Crippen MR) is 241 cm³/mol. The van der Waals surface area contributed by atoms with Gasteiger partial charge in [0.05, 0.1) is 13.2 Å². The number of esters is 1. The number of carbonyl (C=O) groups excluding carboxylic acids is 3. The molecule has 0 heterocycles. The molecule has 2 amide bonds. The average molecular weight is 815 g/mol. The molecule has 0 aromatic rings. The Balaban J connectivity index is 4.14.